The Kier molecular flexibility index (Phi) is 7.85. The van der Waals surface area contributed by atoms with Crippen LogP contribution in [0.2, 0.25) is 0 Å². The predicted molar refractivity (Wildman–Crippen MR) is 169 cm³/mol. The minimum atomic E-state index is -0.975. The molecule has 5 heterocycles. The number of halogens is 2. The van der Waals surface area contributed by atoms with Gasteiger partial charge in [-0.1, -0.05) is 6.58 Å². The molecule has 0 atom stereocenters. The van der Waals surface area contributed by atoms with Crippen LogP contribution in [0.15, 0.2) is 48.6 Å². The summed E-state index contributed by atoms with van der Waals surface area (Å²) in [6.07, 6.45) is 5.02. The van der Waals surface area contributed by atoms with Crippen LogP contribution >= 0.6 is 22.7 Å². The first-order chi connectivity index (χ1) is 20.9. The number of fused-ring (bicyclic) bond motifs is 2. The number of carbonyl (C=O) groups is 1. The van der Waals surface area contributed by atoms with Crippen molar-refractivity contribution < 1.29 is 23.4 Å². The molecular formula is C32H31F2N5O3S2. The Morgan fingerprint density at radius 3 is 2.75 bits per heavy atom. The molecule has 1 amide bonds. The number of thiophene rings is 1. The number of ether oxygens (including phenoxy) is 1. The fraction of sp³-hybridized carbons (Fsp3) is 0.312. The minimum Gasteiger partial charge on any atom is -0.490 e. The van der Waals surface area contributed by atoms with Crippen LogP contribution in [-0.2, 0) is 24.3 Å². The minimum absolute atomic E-state index is 0.0741. The average molecular weight is 636 g/mol. The van der Waals surface area contributed by atoms with Crippen molar-refractivity contribution in [1.29, 1.82) is 0 Å². The molecular weight excluding hydrogens is 605 g/mol. The summed E-state index contributed by atoms with van der Waals surface area (Å²) in [5, 5.41) is 18.0. The molecule has 1 N–H and O–H groups in total. The zero-order valence-corrected chi connectivity index (χ0v) is 26.4. The highest BCUT2D eigenvalue weighted by Gasteiger charge is 2.30. The molecule has 0 radical (unpaired) electrons. The number of aromatic nitrogens is 4. The van der Waals surface area contributed by atoms with Crippen molar-refractivity contribution in [2.24, 2.45) is 0 Å². The Bertz CT molecular complexity index is 1900. The van der Waals surface area contributed by atoms with Crippen molar-refractivity contribution >= 4 is 38.7 Å². The third-order valence-electron chi connectivity index (χ3n) is 7.12. The van der Waals surface area contributed by atoms with E-state index in [2.05, 4.69) is 11.7 Å². The maximum absolute atomic E-state index is 15.9. The molecule has 1 aliphatic heterocycles. The number of aliphatic hydroxyl groups is 1. The van der Waals surface area contributed by atoms with E-state index in [9.17, 15) is 14.3 Å². The van der Waals surface area contributed by atoms with Crippen LogP contribution < -0.4 is 4.74 Å². The van der Waals surface area contributed by atoms with E-state index in [1.54, 1.807) is 43.5 Å². The summed E-state index contributed by atoms with van der Waals surface area (Å²) in [5.74, 6) is -1.59. The van der Waals surface area contributed by atoms with Crippen molar-refractivity contribution in [3.05, 3.63) is 70.8 Å². The number of rotatable bonds is 8. The molecule has 44 heavy (non-hydrogen) atoms. The highest BCUT2D eigenvalue weighted by Crippen LogP contribution is 2.48. The normalized spacial score (nSPS) is 13.5. The van der Waals surface area contributed by atoms with Gasteiger partial charge in [0, 0.05) is 57.4 Å². The van der Waals surface area contributed by atoms with Crippen molar-refractivity contribution in [2.45, 2.75) is 58.9 Å². The van der Waals surface area contributed by atoms with E-state index < -0.39 is 17.2 Å². The molecule has 228 valence electrons. The average Bonchev–Trinajstić information content (AvgIpc) is 3.70. The van der Waals surface area contributed by atoms with Crippen LogP contribution in [0.5, 0.6) is 5.75 Å². The summed E-state index contributed by atoms with van der Waals surface area (Å²) >= 11 is 2.81. The lowest BCUT2D eigenvalue weighted by Crippen LogP contribution is -2.34. The molecule has 0 aliphatic carbocycles. The molecule has 0 saturated carbocycles. The molecule has 1 aromatic carbocycles. The van der Waals surface area contributed by atoms with Gasteiger partial charge < -0.3 is 14.7 Å². The highest BCUT2D eigenvalue weighted by molar-refractivity contribution is 7.18. The van der Waals surface area contributed by atoms with Crippen molar-refractivity contribution in [1.82, 2.24) is 24.6 Å². The van der Waals surface area contributed by atoms with Crippen molar-refractivity contribution in [2.75, 3.05) is 6.54 Å². The van der Waals surface area contributed by atoms with E-state index in [0.29, 0.717) is 47.0 Å². The van der Waals surface area contributed by atoms with Gasteiger partial charge in [0.05, 0.1) is 47.9 Å². The van der Waals surface area contributed by atoms with Crippen LogP contribution in [0.1, 0.15) is 38.3 Å². The molecule has 0 unspecified atom stereocenters. The summed E-state index contributed by atoms with van der Waals surface area (Å²) in [6.45, 7) is 11.8. The molecule has 0 spiro atoms. The molecule has 8 nitrogen and oxygen atoms in total. The molecule has 6 rings (SSSR count). The first-order valence-corrected chi connectivity index (χ1v) is 15.8. The lowest BCUT2D eigenvalue weighted by Gasteiger charge is -2.24. The fourth-order valence-electron chi connectivity index (χ4n) is 5.35. The van der Waals surface area contributed by atoms with Gasteiger partial charge >= 0.3 is 0 Å². The molecule has 4 aromatic heterocycles. The summed E-state index contributed by atoms with van der Waals surface area (Å²) < 4.78 is 38.8. The molecule has 12 heteroatoms. The van der Waals surface area contributed by atoms with Crippen molar-refractivity contribution in [3.8, 4) is 38.8 Å². The number of hydrogen-bond donors (Lipinski definition) is 1. The maximum Gasteiger partial charge on any atom is 0.246 e. The van der Waals surface area contributed by atoms with Crippen molar-refractivity contribution in [3.63, 3.8) is 0 Å². The Hall–Kier alpha value is -4.00. The zero-order chi connectivity index (χ0) is 31.3. The number of amides is 1. The second-order valence-electron chi connectivity index (χ2n) is 11.6. The van der Waals surface area contributed by atoms with E-state index in [1.165, 1.54) is 34.8 Å². The Labute approximate surface area is 261 Å². The lowest BCUT2D eigenvalue weighted by molar-refractivity contribution is -0.126. The lowest BCUT2D eigenvalue weighted by atomic mass is 9.98. The predicted octanol–water partition coefficient (Wildman–Crippen LogP) is 6.86. The summed E-state index contributed by atoms with van der Waals surface area (Å²) in [5.41, 5.74) is 2.20. The third-order valence-corrected chi connectivity index (χ3v) is 9.14. The topological polar surface area (TPSA) is 93.4 Å². The number of thiazole rings is 1. The van der Waals surface area contributed by atoms with Crippen LogP contribution in [0, 0.1) is 11.6 Å². The van der Waals surface area contributed by atoms with Gasteiger partial charge in [0.25, 0.3) is 0 Å². The second-order valence-corrected chi connectivity index (χ2v) is 13.6. The standard InChI is InChI=1S/C32H31F2N5O3S2/c1-6-25(40)38-9-7-22-24(15-38)44-31(36-22)29-27(26-21(34)11-19(33)12-23(26)42-17(2)3)30-20(8-10-43-30)28(37-29)18-13-35-39(14-18)16-32(4,5)41/h6,8,10-14,17,41H,1,7,9,15-16H2,2-5H3. The largest absolute Gasteiger partial charge is 0.490 e. The Morgan fingerprint density at radius 1 is 1.23 bits per heavy atom. The van der Waals surface area contributed by atoms with Gasteiger partial charge in [0.1, 0.15) is 28.1 Å². The number of hydrogen-bond acceptors (Lipinski definition) is 8. The van der Waals surface area contributed by atoms with Crippen LogP contribution in [-0.4, -0.2) is 53.9 Å². The van der Waals surface area contributed by atoms with Crippen LogP contribution in [0.3, 0.4) is 0 Å². The Morgan fingerprint density at radius 2 is 2.02 bits per heavy atom. The quantitative estimate of drug-likeness (QED) is 0.187. The first-order valence-electron chi connectivity index (χ1n) is 14.1. The third kappa shape index (κ3) is 5.76. The SMILES string of the molecule is C=CC(=O)N1CCc2nc(-c3nc(-c4cnn(CC(C)(C)O)c4)c4ccsc4c3-c3c(F)cc(F)cc3OC(C)C)sc2C1. The summed E-state index contributed by atoms with van der Waals surface area (Å²) in [6, 6.07) is 3.97. The van der Waals surface area contributed by atoms with Gasteiger partial charge in [-0.3, -0.25) is 9.48 Å². The van der Waals surface area contributed by atoms with Crippen LogP contribution in [0.4, 0.5) is 8.78 Å². The zero-order valence-electron chi connectivity index (χ0n) is 24.7. The fourth-order valence-corrected chi connectivity index (χ4v) is 7.42. The molecule has 0 saturated heterocycles. The highest BCUT2D eigenvalue weighted by atomic mass is 32.1. The number of benzene rings is 1. The van der Waals surface area contributed by atoms with E-state index in [-0.39, 0.29) is 29.9 Å². The van der Waals surface area contributed by atoms with E-state index in [4.69, 9.17) is 14.7 Å². The Balaban J connectivity index is 1.61. The molecule has 0 fully saturated rings. The van der Waals surface area contributed by atoms with Crippen LogP contribution in [0.25, 0.3) is 43.2 Å². The smallest absolute Gasteiger partial charge is 0.246 e. The van der Waals surface area contributed by atoms with Gasteiger partial charge in [0.2, 0.25) is 5.91 Å². The number of pyridine rings is 1. The van der Waals surface area contributed by atoms with Gasteiger partial charge in [-0.25, -0.2) is 18.7 Å². The van der Waals surface area contributed by atoms with E-state index in [0.717, 1.165) is 26.7 Å². The number of nitrogens with zero attached hydrogens (tertiary/aromatic N) is 5. The van der Waals surface area contributed by atoms with E-state index in [1.807, 2.05) is 17.6 Å². The summed E-state index contributed by atoms with van der Waals surface area (Å²) in [4.78, 5) is 25.1. The summed E-state index contributed by atoms with van der Waals surface area (Å²) in [7, 11) is 0. The van der Waals surface area contributed by atoms with Gasteiger partial charge in [-0.15, -0.1) is 22.7 Å². The number of carbonyl (C=O) groups excluding carboxylic acids is 1. The first kappa shape index (κ1) is 30.0. The monoisotopic (exact) mass is 635 g/mol. The van der Waals surface area contributed by atoms with Gasteiger partial charge in [0.15, 0.2) is 0 Å². The molecule has 0 bridgehead atoms. The molecule has 5 aromatic rings. The van der Waals surface area contributed by atoms with Gasteiger partial charge in [-0.05, 0) is 45.2 Å². The molecule has 1 aliphatic rings. The second kappa shape index (κ2) is 11.5. The van der Waals surface area contributed by atoms with Gasteiger partial charge in [-0.2, -0.15) is 5.10 Å². The van der Waals surface area contributed by atoms with E-state index >= 15 is 4.39 Å². The maximum atomic E-state index is 15.9.